The molecular weight excluding hydrogens is 292 g/mol. The number of hydrazone groups is 1. The van der Waals surface area contributed by atoms with Crippen LogP contribution < -0.4 is 5.43 Å². The summed E-state index contributed by atoms with van der Waals surface area (Å²) in [4.78, 5) is 12.1. The van der Waals surface area contributed by atoms with Crippen LogP contribution in [0.25, 0.3) is 11.3 Å². The number of hydrogen-bond acceptors (Lipinski definition) is 4. The molecule has 1 aliphatic heterocycles. The smallest absolute Gasteiger partial charge is 0.293 e. The molecule has 2 aromatic heterocycles. The van der Waals surface area contributed by atoms with Crippen LogP contribution >= 0.6 is 0 Å². The lowest BCUT2D eigenvalue weighted by Crippen LogP contribution is -2.19. The Morgan fingerprint density at radius 2 is 2.09 bits per heavy atom. The summed E-state index contributed by atoms with van der Waals surface area (Å²) in [7, 11) is 0. The first-order chi connectivity index (χ1) is 11.3. The highest BCUT2D eigenvalue weighted by Gasteiger charge is 2.18. The first-order valence-corrected chi connectivity index (χ1v) is 7.36. The number of aryl methyl sites for hydroxylation is 1. The highest BCUT2D eigenvalue weighted by molar-refractivity contribution is 6.02. The molecule has 0 aliphatic carbocycles. The van der Waals surface area contributed by atoms with E-state index in [0.29, 0.717) is 5.76 Å². The maximum absolute atomic E-state index is 12.1. The fourth-order valence-corrected chi connectivity index (χ4v) is 2.63. The van der Waals surface area contributed by atoms with Gasteiger partial charge in [0.15, 0.2) is 11.5 Å². The van der Waals surface area contributed by atoms with E-state index in [-0.39, 0.29) is 11.6 Å². The number of hydrogen-bond donors (Lipinski definition) is 1. The van der Waals surface area contributed by atoms with Crippen molar-refractivity contribution < 1.29 is 9.32 Å². The molecule has 0 fully saturated rings. The Morgan fingerprint density at radius 1 is 1.22 bits per heavy atom. The molecule has 0 atom stereocenters. The molecule has 0 radical (unpaired) electrons. The largest absolute Gasteiger partial charge is 0.355 e. The van der Waals surface area contributed by atoms with Crippen molar-refractivity contribution >= 4 is 11.6 Å². The molecule has 1 amide bonds. The number of aromatic nitrogens is 2. The zero-order valence-corrected chi connectivity index (χ0v) is 12.3. The second-order valence-corrected chi connectivity index (χ2v) is 5.28. The third-order valence-electron chi connectivity index (χ3n) is 3.81. The number of carbonyl (C=O) groups is 1. The van der Waals surface area contributed by atoms with Crippen LogP contribution in [0.4, 0.5) is 0 Å². The molecule has 0 saturated carbocycles. The lowest BCUT2D eigenvalue weighted by Gasteiger charge is -1.97. The first kappa shape index (κ1) is 13.5. The van der Waals surface area contributed by atoms with E-state index in [4.69, 9.17) is 4.52 Å². The van der Waals surface area contributed by atoms with Crippen LogP contribution in [0.3, 0.4) is 0 Å². The summed E-state index contributed by atoms with van der Waals surface area (Å²) in [6, 6.07) is 15.1. The van der Waals surface area contributed by atoms with Gasteiger partial charge in [0.1, 0.15) is 0 Å². The van der Waals surface area contributed by atoms with Crippen molar-refractivity contribution in [2.24, 2.45) is 5.10 Å². The molecule has 3 heterocycles. The standard InChI is InChI=1S/C17H14N4O2/c22-17(19-18-13-8-10-21-9-4-7-15(13)21)14-11-16(23-20-14)12-5-2-1-3-6-12/h1-7,9,11H,8,10H2,(H,19,22). The van der Waals surface area contributed by atoms with Crippen LogP contribution in [-0.4, -0.2) is 21.3 Å². The van der Waals surface area contributed by atoms with Gasteiger partial charge in [0.2, 0.25) is 0 Å². The van der Waals surface area contributed by atoms with Crippen molar-refractivity contribution in [3.8, 4) is 11.3 Å². The van der Waals surface area contributed by atoms with E-state index in [1.54, 1.807) is 6.07 Å². The third-order valence-corrected chi connectivity index (χ3v) is 3.81. The van der Waals surface area contributed by atoms with Crippen LogP contribution in [-0.2, 0) is 6.54 Å². The Kier molecular flexibility index (Phi) is 3.27. The molecule has 6 nitrogen and oxygen atoms in total. The van der Waals surface area contributed by atoms with Gasteiger partial charge in [0, 0.05) is 30.8 Å². The van der Waals surface area contributed by atoms with Gasteiger partial charge in [-0.1, -0.05) is 35.5 Å². The number of fused-ring (bicyclic) bond motifs is 1. The summed E-state index contributed by atoms with van der Waals surface area (Å²) in [5.41, 5.74) is 5.54. The lowest BCUT2D eigenvalue weighted by molar-refractivity contribution is 0.0946. The Hall–Kier alpha value is -3.15. The van der Waals surface area contributed by atoms with E-state index >= 15 is 0 Å². The van der Waals surface area contributed by atoms with Crippen molar-refractivity contribution in [1.82, 2.24) is 15.1 Å². The minimum absolute atomic E-state index is 0.210. The second-order valence-electron chi connectivity index (χ2n) is 5.28. The molecule has 114 valence electrons. The van der Waals surface area contributed by atoms with Crippen molar-refractivity contribution in [2.45, 2.75) is 13.0 Å². The van der Waals surface area contributed by atoms with Crippen LogP contribution in [0.1, 0.15) is 22.6 Å². The molecule has 0 saturated heterocycles. The maximum Gasteiger partial charge on any atom is 0.293 e. The Morgan fingerprint density at radius 3 is 2.96 bits per heavy atom. The topological polar surface area (TPSA) is 72.4 Å². The van der Waals surface area contributed by atoms with Gasteiger partial charge in [-0.15, -0.1) is 0 Å². The number of rotatable bonds is 3. The zero-order valence-electron chi connectivity index (χ0n) is 12.3. The Labute approximate surface area is 132 Å². The van der Waals surface area contributed by atoms with Crippen molar-refractivity contribution in [2.75, 3.05) is 0 Å². The number of carbonyl (C=O) groups excluding carboxylic acids is 1. The fraction of sp³-hybridized carbons (Fsp3) is 0.118. The summed E-state index contributed by atoms with van der Waals surface area (Å²) in [6.45, 7) is 0.888. The van der Waals surface area contributed by atoms with Crippen LogP contribution in [0.5, 0.6) is 0 Å². The van der Waals surface area contributed by atoms with E-state index in [1.165, 1.54) is 0 Å². The predicted octanol–water partition coefficient (Wildman–Crippen LogP) is 2.68. The van der Waals surface area contributed by atoms with Gasteiger partial charge in [0.05, 0.1) is 11.4 Å². The van der Waals surface area contributed by atoms with Gasteiger partial charge in [-0.2, -0.15) is 5.10 Å². The number of nitrogens with zero attached hydrogens (tertiary/aromatic N) is 3. The van der Waals surface area contributed by atoms with Crippen LogP contribution in [0.2, 0.25) is 0 Å². The zero-order chi connectivity index (χ0) is 15.6. The van der Waals surface area contributed by atoms with E-state index in [0.717, 1.165) is 29.9 Å². The molecule has 1 aliphatic rings. The molecule has 6 heteroatoms. The summed E-state index contributed by atoms with van der Waals surface area (Å²) in [5.74, 6) is 0.173. The first-order valence-electron chi connectivity index (χ1n) is 7.36. The van der Waals surface area contributed by atoms with E-state index in [1.807, 2.05) is 48.7 Å². The molecule has 1 N–H and O–H groups in total. The van der Waals surface area contributed by atoms with Crippen molar-refractivity contribution in [3.63, 3.8) is 0 Å². The van der Waals surface area contributed by atoms with Crippen molar-refractivity contribution in [1.29, 1.82) is 0 Å². The molecule has 1 aromatic carbocycles. The third kappa shape index (κ3) is 2.55. The van der Waals surface area contributed by atoms with Gasteiger partial charge < -0.3 is 9.09 Å². The molecule has 23 heavy (non-hydrogen) atoms. The number of nitrogens with one attached hydrogen (secondary N) is 1. The Bertz CT molecular complexity index is 877. The van der Waals surface area contributed by atoms with Gasteiger partial charge in [0.25, 0.3) is 5.91 Å². The number of benzene rings is 1. The quantitative estimate of drug-likeness (QED) is 0.756. The minimum atomic E-state index is -0.381. The SMILES string of the molecule is O=C(NN=C1CCn2cccc21)c1cc(-c2ccccc2)on1. The molecule has 4 rings (SSSR count). The average Bonchev–Trinajstić information content (AvgIpc) is 3.30. The Balaban J connectivity index is 1.49. The van der Waals surface area contributed by atoms with E-state index < -0.39 is 0 Å². The summed E-state index contributed by atoms with van der Waals surface area (Å²) < 4.78 is 7.33. The van der Waals surface area contributed by atoms with Gasteiger partial charge >= 0.3 is 0 Å². The summed E-state index contributed by atoms with van der Waals surface area (Å²) in [6.07, 6.45) is 2.81. The van der Waals surface area contributed by atoms with E-state index in [2.05, 4.69) is 20.3 Å². The fourth-order valence-electron chi connectivity index (χ4n) is 2.63. The van der Waals surface area contributed by atoms with E-state index in [9.17, 15) is 4.79 Å². The molecule has 0 unspecified atom stereocenters. The van der Waals surface area contributed by atoms with Gasteiger partial charge in [-0.3, -0.25) is 4.79 Å². The maximum atomic E-state index is 12.1. The predicted molar refractivity (Wildman–Crippen MR) is 85.0 cm³/mol. The molecule has 3 aromatic rings. The highest BCUT2D eigenvalue weighted by atomic mass is 16.5. The molecule has 0 spiro atoms. The van der Waals surface area contributed by atoms with Crippen LogP contribution in [0, 0.1) is 0 Å². The lowest BCUT2D eigenvalue weighted by atomic mass is 10.1. The normalized spacial score (nSPS) is 14.9. The average molecular weight is 306 g/mol. The van der Waals surface area contributed by atoms with Gasteiger partial charge in [-0.05, 0) is 12.1 Å². The highest BCUT2D eigenvalue weighted by Crippen LogP contribution is 2.20. The second kappa shape index (κ2) is 5.57. The van der Waals surface area contributed by atoms with Gasteiger partial charge in [-0.25, -0.2) is 5.43 Å². The molecule has 0 bridgehead atoms. The summed E-state index contributed by atoms with van der Waals surface area (Å²) >= 11 is 0. The number of amides is 1. The van der Waals surface area contributed by atoms with Crippen LogP contribution in [0.15, 0.2) is 64.4 Å². The minimum Gasteiger partial charge on any atom is -0.355 e. The summed E-state index contributed by atoms with van der Waals surface area (Å²) in [5, 5.41) is 8.02. The molecular formula is C17H14N4O2. The monoisotopic (exact) mass is 306 g/mol. The van der Waals surface area contributed by atoms with Crippen molar-refractivity contribution in [3.05, 3.63) is 66.1 Å².